The van der Waals surface area contributed by atoms with Crippen molar-refractivity contribution in [2.75, 3.05) is 0 Å². The van der Waals surface area contributed by atoms with Gasteiger partial charge in [-0.1, -0.05) is 0 Å². The third-order valence-electron chi connectivity index (χ3n) is 1.02. The molecule has 0 saturated carbocycles. The smallest absolute Gasteiger partial charge is 0.281 e. The Bertz CT molecular complexity index is 265. The summed E-state index contributed by atoms with van der Waals surface area (Å²) in [5.41, 5.74) is -0.558. The lowest BCUT2D eigenvalue weighted by Gasteiger charge is -1.96. The number of carbonyl (C=O) groups excluding carboxylic acids is 1. The molecule has 0 N–H and O–H groups in total. The standard InChI is InChI=1S/C6H4F2N2O/c7-6(8)5-2-9-1-4(3-11)10-5/h1-3,6H. The van der Waals surface area contributed by atoms with Gasteiger partial charge in [0.1, 0.15) is 11.4 Å². The second-order valence-electron chi connectivity index (χ2n) is 1.79. The fourth-order valence-corrected chi connectivity index (χ4v) is 0.559. The van der Waals surface area contributed by atoms with Crippen LogP contribution in [0.5, 0.6) is 0 Å². The van der Waals surface area contributed by atoms with Gasteiger partial charge in [-0.2, -0.15) is 0 Å². The minimum atomic E-state index is -2.68. The molecule has 0 fully saturated rings. The molecule has 0 bridgehead atoms. The minimum absolute atomic E-state index is 0.0807. The van der Waals surface area contributed by atoms with Gasteiger partial charge in [-0.3, -0.25) is 9.78 Å². The first-order valence-corrected chi connectivity index (χ1v) is 2.79. The van der Waals surface area contributed by atoms with Crippen molar-refractivity contribution in [2.24, 2.45) is 0 Å². The van der Waals surface area contributed by atoms with E-state index in [2.05, 4.69) is 9.97 Å². The third-order valence-corrected chi connectivity index (χ3v) is 1.02. The van der Waals surface area contributed by atoms with Gasteiger partial charge < -0.3 is 0 Å². The number of hydrogen-bond donors (Lipinski definition) is 0. The second kappa shape index (κ2) is 3.14. The van der Waals surface area contributed by atoms with E-state index in [1.54, 1.807) is 0 Å². The van der Waals surface area contributed by atoms with E-state index in [0.717, 1.165) is 12.4 Å². The van der Waals surface area contributed by atoms with Crippen LogP contribution in [0, 0.1) is 0 Å². The van der Waals surface area contributed by atoms with Crippen LogP contribution in [0.15, 0.2) is 12.4 Å². The number of carbonyl (C=O) groups is 1. The highest BCUT2D eigenvalue weighted by Crippen LogP contribution is 2.13. The van der Waals surface area contributed by atoms with Crippen molar-refractivity contribution in [3.05, 3.63) is 23.8 Å². The zero-order valence-corrected chi connectivity index (χ0v) is 5.37. The van der Waals surface area contributed by atoms with Crippen molar-refractivity contribution in [1.29, 1.82) is 0 Å². The van der Waals surface area contributed by atoms with Gasteiger partial charge in [0, 0.05) is 0 Å². The lowest BCUT2D eigenvalue weighted by Crippen LogP contribution is -1.95. The highest BCUT2D eigenvalue weighted by Gasteiger charge is 2.08. The maximum atomic E-state index is 11.9. The van der Waals surface area contributed by atoms with E-state index < -0.39 is 12.1 Å². The highest BCUT2D eigenvalue weighted by molar-refractivity contribution is 5.70. The van der Waals surface area contributed by atoms with E-state index in [0.29, 0.717) is 6.29 Å². The lowest BCUT2D eigenvalue weighted by molar-refractivity contribution is 0.111. The maximum Gasteiger partial charge on any atom is 0.281 e. The van der Waals surface area contributed by atoms with Crippen LogP contribution in [0.4, 0.5) is 8.78 Å². The van der Waals surface area contributed by atoms with Crippen LogP contribution >= 0.6 is 0 Å². The monoisotopic (exact) mass is 158 g/mol. The van der Waals surface area contributed by atoms with Crippen molar-refractivity contribution >= 4 is 6.29 Å². The van der Waals surface area contributed by atoms with E-state index in [4.69, 9.17) is 0 Å². The first kappa shape index (κ1) is 7.71. The maximum absolute atomic E-state index is 11.9. The molecule has 0 saturated heterocycles. The summed E-state index contributed by atoms with van der Waals surface area (Å²) in [6.07, 6.45) is -0.252. The molecule has 0 spiro atoms. The van der Waals surface area contributed by atoms with E-state index in [1.165, 1.54) is 0 Å². The van der Waals surface area contributed by atoms with Gasteiger partial charge in [0.25, 0.3) is 6.43 Å². The summed E-state index contributed by atoms with van der Waals surface area (Å²) in [5, 5.41) is 0. The molecule has 0 aliphatic rings. The number of alkyl halides is 2. The number of rotatable bonds is 2. The van der Waals surface area contributed by atoms with Gasteiger partial charge in [0.2, 0.25) is 0 Å². The molecular formula is C6H4F2N2O. The van der Waals surface area contributed by atoms with E-state index >= 15 is 0 Å². The molecule has 58 valence electrons. The zero-order valence-electron chi connectivity index (χ0n) is 5.37. The lowest BCUT2D eigenvalue weighted by atomic mass is 10.4. The number of hydrogen-bond acceptors (Lipinski definition) is 3. The fraction of sp³-hybridized carbons (Fsp3) is 0.167. The van der Waals surface area contributed by atoms with Crippen molar-refractivity contribution < 1.29 is 13.6 Å². The van der Waals surface area contributed by atoms with Gasteiger partial charge in [-0.25, -0.2) is 13.8 Å². The Morgan fingerprint density at radius 1 is 1.45 bits per heavy atom. The summed E-state index contributed by atoms with van der Waals surface area (Å²) in [6.45, 7) is 0. The highest BCUT2D eigenvalue weighted by atomic mass is 19.3. The number of nitrogens with zero attached hydrogens (tertiary/aromatic N) is 2. The summed E-state index contributed by atoms with van der Waals surface area (Å²) in [4.78, 5) is 16.7. The third kappa shape index (κ3) is 1.76. The fourth-order valence-electron chi connectivity index (χ4n) is 0.559. The van der Waals surface area contributed by atoms with Gasteiger partial charge >= 0.3 is 0 Å². The summed E-state index contributed by atoms with van der Waals surface area (Å²) in [6, 6.07) is 0. The Morgan fingerprint density at radius 3 is 2.73 bits per heavy atom. The van der Waals surface area contributed by atoms with E-state index in [9.17, 15) is 13.6 Å². The molecule has 0 atom stereocenters. The largest absolute Gasteiger partial charge is 0.296 e. The van der Waals surface area contributed by atoms with Crippen LogP contribution in [-0.2, 0) is 0 Å². The Kier molecular flexibility index (Phi) is 2.20. The molecule has 3 nitrogen and oxygen atoms in total. The second-order valence-corrected chi connectivity index (χ2v) is 1.79. The average molecular weight is 158 g/mol. The minimum Gasteiger partial charge on any atom is -0.296 e. The number of aromatic nitrogens is 2. The Balaban J connectivity index is 3.00. The molecule has 11 heavy (non-hydrogen) atoms. The van der Waals surface area contributed by atoms with Crippen molar-refractivity contribution in [2.45, 2.75) is 6.43 Å². The van der Waals surface area contributed by atoms with Crippen LogP contribution < -0.4 is 0 Å². The van der Waals surface area contributed by atoms with Crippen LogP contribution in [0.1, 0.15) is 22.6 Å². The summed E-state index contributed by atoms with van der Waals surface area (Å²) < 4.78 is 23.7. The van der Waals surface area contributed by atoms with Crippen molar-refractivity contribution in [1.82, 2.24) is 9.97 Å². The summed E-state index contributed by atoms with van der Waals surface area (Å²) >= 11 is 0. The molecule has 1 rings (SSSR count). The predicted octanol–water partition coefficient (Wildman–Crippen LogP) is 1.23. The molecule has 1 aromatic heterocycles. The molecule has 5 heteroatoms. The molecule has 1 heterocycles. The summed E-state index contributed by atoms with van der Waals surface area (Å²) in [5.74, 6) is 0. The molecule has 1 aromatic rings. The average Bonchev–Trinajstić information content (AvgIpc) is 2.05. The topological polar surface area (TPSA) is 42.9 Å². The van der Waals surface area contributed by atoms with Crippen molar-refractivity contribution in [3.8, 4) is 0 Å². The summed E-state index contributed by atoms with van der Waals surface area (Å²) in [7, 11) is 0. The molecule has 0 amide bonds. The number of halogens is 2. The number of aldehydes is 1. The van der Waals surface area contributed by atoms with Crippen LogP contribution in [-0.4, -0.2) is 16.3 Å². The molecule has 0 aliphatic carbocycles. The predicted molar refractivity (Wildman–Crippen MR) is 32.4 cm³/mol. The van der Waals surface area contributed by atoms with Gasteiger partial charge in [0.15, 0.2) is 6.29 Å². The van der Waals surface area contributed by atoms with Crippen LogP contribution in [0.2, 0.25) is 0 Å². The molecule has 0 unspecified atom stereocenters. The van der Waals surface area contributed by atoms with Gasteiger partial charge in [0.05, 0.1) is 12.4 Å². The zero-order chi connectivity index (χ0) is 8.27. The first-order valence-electron chi connectivity index (χ1n) is 2.79. The van der Waals surface area contributed by atoms with Crippen LogP contribution in [0.3, 0.4) is 0 Å². The van der Waals surface area contributed by atoms with E-state index in [-0.39, 0.29) is 5.69 Å². The molecule has 0 aromatic carbocycles. The molecule has 0 radical (unpaired) electrons. The first-order chi connectivity index (χ1) is 5.24. The Hall–Kier alpha value is -1.39. The van der Waals surface area contributed by atoms with Crippen LogP contribution in [0.25, 0.3) is 0 Å². The Labute approximate surface area is 61.1 Å². The van der Waals surface area contributed by atoms with Crippen molar-refractivity contribution in [3.63, 3.8) is 0 Å². The molecule has 0 aliphatic heterocycles. The van der Waals surface area contributed by atoms with E-state index in [1.807, 2.05) is 0 Å². The normalized spacial score (nSPS) is 10.1. The molecular weight excluding hydrogens is 154 g/mol. The Morgan fingerprint density at radius 2 is 2.18 bits per heavy atom. The van der Waals surface area contributed by atoms with Gasteiger partial charge in [-0.15, -0.1) is 0 Å². The quantitative estimate of drug-likeness (QED) is 0.608. The van der Waals surface area contributed by atoms with Gasteiger partial charge in [-0.05, 0) is 0 Å². The SMILES string of the molecule is O=Cc1cncc(C(F)F)n1.